The number of carbonyl (C=O) groups excluding carboxylic acids is 2. The number of carboxylic acid groups (broad SMARTS) is 1. The number of aliphatic hydroxyl groups is 1. The molecule has 1 amide bonds. The van der Waals surface area contributed by atoms with Gasteiger partial charge in [-0.25, -0.2) is 9.36 Å². The van der Waals surface area contributed by atoms with Crippen molar-refractivity contribution in [1.29, 1.82) is 0 Å². The molecule has 63 heavy (non-hydrogen) atoms. The molecule has 0 aliphatic carbocycles. The Kier molecular flexibility index (Phi) is 44.1. The van der Waals surface area contributed by atoms with Crippen molar-refractivity contribution in [3.63, 3.8) is 0 Å². The van der Waals surface area contributed by atoms with Crippen molar-refractivity contribution in [2.75, 3.05) is 19.8 Å². The topological polar surface area (TPSA) is 169 Å². The summed E-state index contributed by atoms with van der Waals surface area (Å²) in [6.45, 7) is 2.46. The van der Waals surface area contributed by atoms with Gasteiger partial charge in [0.05, 0.1) is 13.2 Å². The van der Waals surface area contributed by atoms with E-state index in [9.17, 15) is 34.1 Å². The molecular weight excluding hydrogens is 818 g/mol. The molecule has 0 fully saturated rings. The van der Waals surface area contributed by atoms with Gasteiger partial charge in [-0.1, -0.05) is 210 Å². The number of unbranched alkanes of at least 4 members (excludes halogenated alkanes) is 25. The summed E-state index contributed by atoms with van der Waals surface area (Å²) in [5.74, 6) is -2.41. The minimum absolute atomic E-state index is 0.145. The van der Waals surface area contributed by atoms with Crippen LogP contribution >= 0.6 is 7.82 Å². The molecule has 3 atom stereocenters. The molecule has 0 heterocycles. The summed E-state index contributed by atoms with van der Waals surface area (Å²) >= 11 is 0. The van der Waals surface area contributed by atoms with Crippen LogP contribution in [0.3, 0.4) is 0 Å². The number of phosphoric ester groups is 1. The van der Waals surface area contributed by atoms with Crippen molar-refractivity contribution < 1.29 is 47.8 Å². The third-order valence-electron chi connectivity index (χ3n) is 10.9. The van der Waals surface area contributed by atoms with Crippen LogP contribution in [0, 0.1) is 0 Å². The average Bonchev–Trinajstić information content (AvgIpc) is 3.26. The lowest BCUT2D eigenvalue weighted by Crippen LogP contribution is -2.43. The van der Waals surface area contributed by atoms with Gasteiger partial charge in [-0.05, 0) is 51.4 Å². The van der Waals surface area contributed by atoms with Crippen LogP contribution in [0.15, 0.2) is 48.6 Å². The number of allylic oxidation sites excluding steroid dienone is 8. The van der Waals surface area contributed by atoms with Crippen molar-refractivity contribution >= 4 is 25.7 Å². The maximum atomic E-state index is 12.4. The fourth-order valence-electron chi connectivity index (χ4n) is 7.01. The molecule has 0 saturated carbocycles. The number of esters is 1. The molecule has 0 aromatic heterocycles. The number of carbonyl (C=O) groups is 3. The molecule has 0 aliphatic heterocycles. The van der Waals surface area contributed by atoms with E-state index in [0.29, 0.717) is 12.8 Å². The van der Waals surface area contributed by atoms with Crippen molar-refractivity contribution in [2.45, 2.75) is 238 Å². The summed E-state index contributed by atoms with van der Waals surface area (Å²) in [6.07, 6.45) is 52.9. The lowest BCUT2D eigenvalue weighted by molar-refractivity contribution is -0.147. The molecule has 4 N–H and O–H groups in total. The average molecular weight is 910 g/mol. The number of carboxylic acids is 1. The Bertz CT molecular complexity index is 1250. The molecule has 0 aromatic carbocycles. The molecule has 0 spiro atoms. The number of rotatable bonds is 47. The number of hydrogen-bond acceptors (Lipinski definition) is 8. The standard InChI is InChI=1S/C51H92NO10P/c1-3-5-7-9-11-13-15-17-19-20-21-22-23-24-25-26-27-29-30-32-34-36-38-40-42-49(54)52-48(51(56)57)46-62-63(58,59)61-45-47(53)44-60-50(55)43-41-39-37-35-33-31-28-18-16-14-12-10-8-6-4-2/h6,8,12,14,18,28,33,35,47-48,53H,3-5,7,9-11,13,15-17,19-27,29-32,34,36-46H2,1-2H3,(H,52,54)(H,56,57)(H,58,59)/b8-6-,14-12-,28-18-,35-33-. The molecule has 0 aromatic rings. The molecule has 0 bridgehead atoms. The lowest BCUT2D eigenvalue weighted by Gasteiger charge is -2.18. The Balaban J connectivity index is 3.83. The quantitative estimate of drug-likeness (QED) is 0.0200. The largest absolute Gasteiger partial charge is 0.480 e. The van der Waals surface area contributed by atoms with E-state index >= 15 is 0 Å². The van der Waals surface area contributed by atoms with Crippen LogP contribution < -0.4 is 5.32 Å². The van der Waals surface area contributed by atoms with Gasteiger partial charge in [0.25, 0.3) is 0 Å². The van der Waals surface area contributed by atoms with Gasteiger partial charge in [-0.3, -0.25) is 18.6 Å². The van der Waals surface area contributed by atoms with E-state index in [1.54, 1.807) is 0 Å². The van der Waals surface area contributed by atoms with Gasteiger partial charge in [0.2, 0.25) is 5.91 Å². The summed E-state index contributed by atoms with van der Waals surface area (Å²) in [5, 5.41) is 21.9. The summed E-state index contributed by atoms with van der Waals surface area (Å²) in [5.41, 5.74) is 0. The second-order valence-corrected chi connectivity index (χ2v) is 18.4. The second kappa shape index (κ2) is 46.0. The fourth-order valence-corrected chi connectivity index (χ4v) is 7.79. The van der Waals surface area contributed by atoms with Gasteiger partial charge in [0.15, 0.2) is 6.04 Å². The van der Waals surface area contributed by atoms with Crippen LogP contribution in [-0.2, 0) is 32.7 Å². The zero-order chi connectivity index (χ0) is 46.3. The Labute approximate surface area is 384 Å². The van der Waals surface area contributed by atoms with Crippen molar-refractivity contribution in [1.82, 2.24) is 5.32 Å². The zero-order valence-electron chi connectivity index (χ0n) is 39.9. The van der Waals surface area contributed by atoms with Crippen LogP contribution in [-0.4, -0.2) is 64.9 Å². The second-order valence-electron chi connectivity index (χ2n) is 17.0. The number of ether oxygens (including phenoxy) is 1. The van der Waals surface area contributed by atoms with Crippen LogP contribution in [0.25, 0.3) is 0 Å². The van der Waals surface area contributed by atoms with Crippen LogP contribution in [0.2, 0.25) is 0 Å². The fraction of sp³-hybridized carbons (Fsp3) is 0.784. The van der Waals surface area contributed by atoms with E-state index < -0.39 is 57.6 Å². The first-order valence-corrected chi connectivity index (χ1v) is 26.7. The molecule has 0 saturated heterocycles. The van der Waals surface area contributed by atoms with Crippen LogP contribution in [0.1, 0.15) is 226 Å². The summed E-state index contributed by atoms with van der Waals surface area (Å²) in [7, 11) is -4.77. The van der Waals surface area contributed by atoms with E-state index in [0.717, 1.165) is 57.8 Å². The molecule has 11 nitrogen and oxygen atoms in total. The maximum absolute atomic E-state index is 12.4. The lowest BCUT2D eigenvalue weighted by atomic mass is 10.0. The van der Waals surface area contributed by atoms with Gasteiger partial charge in [0.1, 0.15) is 12.7 Å². The van der Waals surface area contributed by atoms with Crippen molar-refractivity contribution in [2.24, 2.45) is 0 Å². The summed E-state index contributed by atoms with van der Waals surface area (Å²) < 4.78 is 26.9. The highest BCUT2D eigenvalue weighted by Crippen LogP contribution is 2.43. The van der Waals surface area contributed by atoms with E-state index in [1.807, 2.05) is 0 Å². The molecule has 0 rings (SSSR count). The smallest absolute Gasteiger partial charge is 0.472 e. The predicted molar refractivity (Wildman–Crippen MR) is 259 cm³/mol. The van der Waals surface area contributed by atoms with E-state index in [-0.39, 0.29) is 12.8 Å². The normalized spacial score (nSPS) is 14.0. The van der Waals surface area contributed by atoms with Gasteiger partial charge in [-0.15, -0.1) is 0 Å². The third-order valence-corrected chi connectivity index (χ3v) is 11.8. The summed E-state index contributed by atoms with van der Waals surface area (Å²) in [6, 6.07) is -1.55. The highest BCUT2D eigenvalue weighted by molar-refractivity contribution is 7.47. The summed E-state index contributed by atoms with van der Waals surface area (Å²) in [4.78, 5) is 46.0. The number of amides is 1. The Hall–Kier alpha value is -2.56. The Morgan fingerprint density at radius 2 is 0.921 bits per heavy atom. The molecule has 12 heteroatoms. The number of aliphatic hydroxyl groups excluding tert-OH is 1. The van der Waals surface area contributed by atoms with Crippen LogP contribution in [0.5, 0.6) is 0 Å². The van der Waals surface area contributed by atoms with Crippen molar-refractivity contribution in [3.05, 3.63) is 48.6 Å². The predicted octanol–water partition coefficient (Wildman–Crippen LogP) is 13.7. The first-order valence-electron chi connectivity index (χ1n) is 25.2. The van der Waals surface area contributed by atoms with E-state index in [4.69, 9.17) is 13.8 Å². The molecule has 3 unspecified atom stereocenters. The van der Waals surface area contributed by atoms with Crippen molar-refractivity contribution in [3.8, 4) is 0 Å². The highest BCUT2D eigenvalue weighted by Gasteiger charge is 2.28. The van der Waals surface area contributed by atoms with E-state index in [1.165, 1.54) is 128 Å². The monoisotopic (exact) mass is 910 g/mol. The van der Waals surface area contributed by atoms with Crippen LogP contribution in [0.4, 0.5) is 0 Å². The first-order chi connectivity index (χ1) is 30.6. The first kappa shape index (κ1) is 60.4. The SMILES string of the molecule is CC/C=C\C/C=C\C/C=C\C/C=C\CCCCC(=O)OCC(O)COP(=O)(O)OCC(NC(=O)CCCCCCCCCCCCCCCCCCCCCCCCCC)C(=O)O. The molecule has 366 valence electrons. The minimum Gasteiger partial charge on any atom is -0.480 e. The Morgan fingerprint density at radius 1 is 0.524 bits per heavy atom. The van der Waals surface area contributed by atoms with Gasteiger partial charge in [-0.2, -0.15) is 0 Å². The van der Waals surface area contributed by atoms with E-state index in [2.05, 4.69) is 67.8 Å². The molecular formula is C51H92NO10P. The maximum Gasteiger partial charge on any atom is 0.472 e. The molecule has 0 aliphatic rings. The Morgan fingerprint density at radius 3 is 1.37 bits per heavy atom. The third kappa shape index (κ3) is 45.8. The zero-order valence-corrected chi connectivity index (χ0v) is 40.8. The molecule has 0 radical (unpaired) electrons. The minimum atomic E-state index is -4.77. The van der Waals surface area contributed by atoms with Gasteiger partial charge >= 0.3 is 19.8 Å². The highest BCUT2D eigenvalue weighted by atomic mass is 31.2. The van der Waals surface area contributed by atoms with Gasteiger partial charge in [0, 0.05) is 12.8 Å². The number of hydrogen-bond donors (Lipinski definition) is 4. The van der Waals surface area contributed by atoms with Gasteiger partial charge < -0.3 is 25.2 Å². The number of phosphoric acid groups is 1. The number of nitrogens with one attached hydrogen (secondary N) is 1. The number of aliphatic carboxylic acids is 1.